The zero-order valence-corrected chi connectivity index (χ0v) is 21.7. The molecule has 0 unspecified atom stereocenters. The number of carbonyl (C=O) groups is 1. The first-order valence-electron chi connectivity index (χ1n) is 12.7. The number of nitrogens with one attached hydrogen (secondary N) is 1. The van der Waals surface area contributed by atoms with E-state index in [-0.39, 0.29) is 11.7 Å². The van der Waals surface area contributed by atoms with Gasteiger partial charge in [0.15, 0.2) is 0 Å². The summed E-state index contributed by atoms with van der Waals surface area (Å²) in [5, 5.41) is 7.42. The highest BCUT2D eigenvalue weighted by atomic mass is 19.4. The van der Waals surface area contributed by atoms with Crippen LogP contribution in [0.3, 0.4) is 0 Å². The first-order chi connectivity index (χ1) is 18.7. The minimum Gasteiger partial charge on any atom is -0.497 e. The number of aromatic nitrogens is 2. The Balaban J connectivity index is 1.15. The average Bonchev–Trinajstić information content (AvgIpc) is 3.26. The number of fused-ring (bicyclic) bond motifs is 1. The van der Waals surface area contributed by atoms with E-state index in [0.717, 1.165) is 37.2 Å². The fourth-order valence-electron chi connectivity index (χ4n) is 5.06. The van der Waals surface area contributed by atoms with Crippen LogP contribution in [0.15, 0.2) is 66.9 Å². The number of halogens is 3. The highest BCUT2D eigenvalue weighted by Crippen LogP contribution is 2.32. The number of alkyl halides is 3. The molecule has 1 N–H and O–H groups in total. The summed E-state index contributed by atoms with van der Waals surface area (Å²) in [6, 6.07) is 17.9. The number of aryl methyl sites for hydroxylation is 1. The Hall–Kier alpha value is -4.21. The van der Waals surface area contributed by atoms with Crippen molar-refractivity contribution in [1.29, 1.82) is 0 Å². The SMILES string of the molecule is COc1ccn2nc(C)c(C(=O)NCc3ccc(C4CCN(c5ccc(OC(F)(F)F)cc5)CC4)cc3)c2c1. The number of hydrogen-bond acceptors (Lipinski definition) is 5. The average molecular weight is 539 g/mol. The molecular weight excluding hydrogens is 509 g/mol. The van der Waals surface area contributed by atoms with Crippen LogP contribution in [-0.4, -0.2) is 42.1 Å². The lowest BCUT2D eigenvalue weighted by atomic mass is 9.89. The second-order valence-corrected chi connectivity index (χ2v) is 9.58. The first-order valence-corrected chi connectivity index (χ1v) is 12.7. The van der Waals surface area contributed by atoms with E-state index in [0.29, 0.717) is 35.0 Å². The molecule has 2 aromatic carbocycles. The maximum absolute atomic E-state index is 13.0. The quantitative estimate of drug-likeness (QED) is 0.319. The Bertz CT molecular complexity index is 1440. The largest absolute Gasteiger partial charge is 0.573 e. The summed E-state index contributed by atoms with van der Waals surface area (Å²) >= 11 is 0. The minimum atomic E-state index is -4.69. The minimum absolute atomic E-state index is 0.190. The van der Waals surface area contributed by atoms with Crippen molar-refractivity contribution in [3.8, 4) is 11.5 Å². The molecule has 1 aliphatic heterocycles. The van der Waals surface area contributed by atoms with E-state index >= 15 is 0 Å². The van der Waals surface area contributed by atoms with Gasteiger partial charge in [0.25, 0.3) is 5.91 Å². The molecule has 1 amide bonds. The summed E-state index contributed by atoms with van der Waals surface area (Å²) in [5.74, 6) is 0.650. The monoisotopic (exact) mass is 538 g/mol. The van der Waals surface area contributed by atoms with Crippen molar-refractivity contribution in [2.24, 2.45) is 0 Å². The van der Waals surface area contributed by atoms with Gasteiger partial charge in [0.2, 0.25) is 0 Å². The summed E-state index contributed by atoms with van der Waals surface area (Å²) in [4.78, 5) is 15.2. The van der Waals surface area contributed by atoms with Gasteiger partial charge < -0.3 is 19.7 Å². The van der Waals surface area contributed by atoms with Crippen LogP contribution in [-0.2, 0) is 6.54 Å². The molecule has 0 radical (unpaired) electrons. The van der Waals surface area contributed by atoms with Crippen LogP contribution in [0.4, 0.5) is 18.9 Å². The van der Waals surface area contributed by atoms with E-state index in [9.17, 15) is 18.0 Å². The maximum atomic E-state index is 13.0. The van der Waals surface area contributed by atoms with Gasteiger partial charge in [-0.15, -0.1) is 13.2 Å². The number of benzene rings is 2. The van der Waals surface area contributed by atoms with Crippen molar-refractivity contribution in [1.82, 2.24) is 14.9 Å². The van der Waals surface area contributed by atoms with Crippen LogP contribution in [0.25, 0.3) is 5.52 Å². The molecule has 5 rings (SSSR count). The Morgan fingerprint density at radius 3 is 2.36 bits per heavy atom. The van der Waals surface area contributed by atoms with Crippen LogP contribution < -0.4 is 19.7 Å². The smallest absolute Gasteiger partial charge is 0.497 e. The van der Waals surface area contributed by atoms with Gasteiger partial charge in [-0.25, -0.2) is 4.52 Å². The number of methoxy groups -OCH3 is 1. The van der Waals surface area contributed by atoms with Crippen molar-refractivity contribution in [2.75, 3.05) is 25.1 Å². The number of piperidine rings is 1. The number of rotatable bonds is 7. The molecule has 1 aliphatic rings. The summed E-state index contributed by atoms with van der Waals surface area (Å²) < 4.78 is 48.1. The maximum Gasteiger partial charge on any atom is 0.573 e. The van der Waals surface area contributed by atoms with Crippen molar-refractivity contribution in [3.63, 3.8) is 0 Å². The summed E-state index contributed by atoms with van der Waals surface area (Å²) in [6.45, 7) is 3.83. The number of ether oxygens (including phenoxy) is 2. The summed E-state index contributed by atoms with van der Waals surface area (Å²) in [6.07, 6.45) is -1.04. The van der Waals surface area contributed by atoms with E-state index in [2.05, 4.69) is 32.2 Å². The highest BCUT2D eigenvalue weighted by molar-refractivity contribution is 6.02. The fraction of sp³-hybridized carbons (Fsp3) is 0.310. The van der Waals surface area contributed by atoms with Crippen LogP contribution in [0.1, 0.15) is 45.9 Å². The second kappa shape index (κ2) is 10.9. The van der Waals surface area contributed by atoms with Gasteiger partial charge in [-0.3, -0.25) is 4.79 Å². The third kappa shape index (κ3) is 6.10. The molecule has 204 valence electrons. The lowest BCUT2D eigenvalue weighted by Crippen LogP contribution is -2.32. The molecule has 7 nitrogen and oxygen atoms in total. The molecule has 1 fully saturated rings. The predicted molar refractivity (Wildman–Crippen MR) is 141 cm³/mol. The predicted octanol–water partition coefficient (Wildman–Crippen LogP) is 5.86. The molecule has 1 saturated heterocycles. The molecular formula is C29H29F3N4O3. The van der Waals surface area contributed by atoms with Crippen LogP contribution in [0, 0.1) is 6.92 Å². The van der Waals surface area contributed by atoms with Crippen LogP contribution >= 0.6 is 0 Å². The summed E-state index contributed by atoms with van der Waals surface area (Å²) in [5.41, 5.74) is 4.99. The summed E-state index contributed by atoms with van der Waals surface area (Å²) in [7, 11) is 1.58. The molecule has 3 heterocycles. The van der Waals surface area contributed by atoms with E-state index in [4.69, 9.17) is 4.74 Å². The van der Waals surface area contributed by atoms with Gasteiger partial charge in [0.05, 0.1) is 23.9 Å². The fourth-order valence-corrected chi connectivity index (χ4v) is 5.06. The Morgan fingerprint density at radius 1 is 1.03 bits per heavy atom. The lowest BCUT2D eigenvalue weighted by molar-refractivity contribution is -0.274. The standard InChI is InChI=1S/C29H29F3N4O3/c1-19-27(26-17-25(38-2)13-16-36(26)34-19)28(37)33-18-20-3-5-21(6-4-20)22-11-14-35(15-12-22)23-7-9-24(10-8-23)39-29(30,31)32/h3-10,13,16-17,22H,11-12,14-15,18H2,1-2H3,(H,33,37). The van der Waals surface area contributed by atoms with Crippen LogP contribution in [0.5, 0.6) is 11.5 Å². The van der Waals surface area contributed by atoms with Crippen molar-refractivity contribution < 1.29 is 27.4 Å². The second-order valence-electron chi connectivity index (χ2n) is 9.58. The van der Waals surface area contributed by atoms with E-state index < -0.39 is 6.36 Å². The van der Waals surface area contributed by atoms with Gasteiger partial charge >= 0.3 is 6.36 Å². The Morgan fingerprint density at radius 2 is 1.72 bits per heavy atom. The molecule has 0 bridgehead atoms. The molecule has 0 atom stereocenters. The molecule has 4 aromatic rings. The molecule has 0 aliphatic carbocycles. The molecule has 0 spiro atoms. The van der Waals surface area contributed by atoms with E-state index in [1.54, 1.807) is 42.1 Å². The Labute approximate surface area is 224 Å². The van der Waals surface area contributed by atoms with Crippen LogP contribution in [0.2, 0.25) is 0 Å². The van der Waals surface area contributed by atoms with Gasteiger partial charge in [-0.05, 0) is 67.1 Å². The van der Waals surface area contributed by atoms with Gasteiger partial charge in [0, 0.05) is 37.6 Å². The number of hydrogen-bond donors (Lipinski definition) is 1. The molecule has 2 aromatic heterocycles. The zero-order valence-electron chi connectivity index (χ0n) is 21.7. The number of nitrogens with zero attached hydrogens (tertiary/aromatic N) is 3. The van der Waals surface area contributed by atoms with Crippen molar-refractivity contribution in [3.05, 3.63) is 89.2 Å². The normalized spacial score (nSPS) is 14.4. The number of anilines is 1. The third-order valence-corrected chi connectivity index (χ3v) is 7.08. The number of amides is 1. The highest BCUT2D eigenvalue weighted by Gasteiger charge is 2.31. The number of pyridine rings is 1. The Kier molecular flexibility index (Phi) is 7.36. The van der Waals surface area contributed by atoms with Gasteiger partial charge in [-0.2, -0.15) is 5.10 Å². The van der Waals surface area contributed by atoms with Crippen molar-refractivity contribution >= 4 is 17.1 Å². The zero-order chi connectivity index (χ0) is 27.6. The topological polar surface area (TPSA) is 68.1 Å². The molecule has 0 saturated carbocycles. The lowest BCUT2D eigenvalue weighted by Gasteiger charge is -2.34. The third-order valence-electron chi connectivity index (χ3n) is 7.08. The van der Waals surface area contributed by atoms with Gasteiger partial charge in [0.1, 0.15) is 11.5 Å². The van der Waals surface area contributed by atoms with Gasteiger partial charge in [-0.1, -0.05) is 24.3 Å². The molecule has 10 heteroatoms. The van der Waals surface area contributed by atoms with E-state index in [1.807, 2.05) is 19.1 Å². The number of carbonyl (C=O) groups excluding carboxylic acids is 1. The van der Waals surface area contributed by atoms with E-state index in [1.165, 1.54) is 17.7 Å². The van der Waals surface area contributed by atoms with Crippen molar-refractivity contribution in [2.45, 2.75) is 38.6 Å². The molecule has 39 heavy (non-hydrogen) atoms. The first kappa shape index (κ1) is 26.4.